The van der Waals surface area contributed by atoms with Crippen molar-refractivity contribution in [2.45, 2.75) is 19.9 Å². The molecule has 0 unspecified atom stereocenters. The zero-order valence-corrected chi connectivity index (χ0v) is 8.57. The first kappa shape index (κ1) is 10.1. The first-order valence-electron chi connectivity index (χ1n) is 4.61. The van der Waals surface area contributed by atoms with E-state index in [-0.39, 0.29) is 0 Å². The number of nitrogens with two attached hydrogens (primary N) is 1. The molecule has 0 saturated heterocycles. The smallest absolute Gasteiger partial charge is 0.205 e. The molecule has 0 spiro atoms. The van der Waals surface area contributed by atoms with Crippen molar-refractivity contribution in [3.63, 3.8) is 0 Å². The Bertz CT molecular complexity index is 254. The highest BCUT2D eigenvalue weighted by atomic mass is 15.3. The number of likely N-dealkylation sites (N-methyl/N-ethyl adjacent to an activating group) is 1. The standard InChI is InChI=1S/C9H18N4/c1-8(2)13-7-5-11-9(13)12(3)6-4-10/h5,7-8H,4,6,10H2,1-3H3. The van der Waals surface area contributed by atoms with Gasteiger partial charge in [0.05, 0.1) is 0 Å². The van der Waals surface area contributed by atoms with Crippen LogP contribution in [-0.4, -0.2) is 29.7 Å². The number of imidazole rings is 1. The number of hydrogen-bond acceptors (Lipinski definition) is 3. The topological polar surface area (TPSA) is 47.1 Å². The summed E-state index contributed by atoms with van der Waals surface area (Å²) in [7, 11) is 2.01. The Morgan fingerprint density at radius 2 is 2.31 bits per heavy atom. The second-order valence-electron chi connectivity index (χ2n) is 3.44. The Labute approximate surface area is 79.4 Å². The van der Waals surface area contributed by atoms with E-state index in [9.17, 15) is 0 Å². The van der Waals surface area contributed by atoms with E-state index in [2.05, 4.69) is 28.3 Å². The monoisotopic (exact) mass is 182 g/mol. The minimum absolute atomic E-state index is 0.442. The third kappa shape index (κ3) is 2.21. The van der Waals surface area contributed by atoms with Crippen LogP contribution in [0.3, 0.4) is 0 Å². The van der Waals surface area contributed by atoms with Gasteiger partial charge in [-0.25, -0.2) is 4.98 Å². The Morgan fingerprint density at radius 3 is 2.85 bits per heavy atom. The molecule has 0 aromatic carbocycles. The molecule has 13 heavy (non-hydrogen) atoms. The average Bonchev–Trinajstić information content (AvgIpc) is 2.52. The predicted molar refractivity (Wildman–Crippen MR) is 54.9 cm³/mol. The van der Waals surface area contributed by atoms with Crippen molar-refractivity contribution in [1.29, 1.82) is 0 Å². The van der Waals surface area contributed by atoms with Crippen LogP contribution in [0, 0.1) is 0 Å². The number of aromatic nitrogens is 2. The van der Waals surface area contributed by atoms with E-state index in [0.29, 0.717) is 12.6 Å². The van der Waals surface area contributed by atoms with E-state index in [4.69, 9.17) is 5.73 Å². The molecule has 0 fully saturated rings. The van der Waals surface area contributed by atoms with Gasteiger partial charge >= 0.3 is 0 Å². The van der Waals surface area contributed by atoms with Crippen LogP contribution >= 0.6 is 0 Å². The van der Waals surface area contributed by atoms with E-state index < -0.39 is 0 Å². The van der Waals surface area contributed by atoms with Crippen molar-refractivity contribution < 1.29 is 0 Å². The van der Waals surface area contributed by atoms with Crippen LogP contribution in [0.1, 0.15) is 19.9 Å². The first-order chi connectivity index (χ1) is 6.16. The largest absolute Gasteiger partial charge is 0.344 e. The van der Waals surface area contributed by atoms with Crippen LogP contribution in [0.25, 0.3) is 0 Å². The summed E-state index contributed by atoms with van der Waals surface area (Å²) < 4.78 is 2.13. The second kappa shape index (κ2) is 4.28. The maximum atomic E-state index is 5.48. The molecule has 0 amide bonds. The fourth-order valence-electron chi connectivity index (χ4n) is 1.30. The third-order valence-electron chi connectivity index (χ3n) is 2.01. The summed E-state index contributed by atoms with van der Waals surface area (Å²) in [6, 6.07) is 0.442. The van der Waals surface area contributed by atoms with Crippen LogP contribution < -0.4 is 10.6 Å². The highest BCUT2D eigenvalue weighted by Crippen LogP contribution is 2.15. The zero-order valence-electron chi connectivity index (χ0n) is 8.57. The summed E-state index contributed by atoms with van der Waals surface area (Å²) in [6.07, 6.45) is 3.81. The van der Waals surface area contributed by atoms with Gasteiger partial charge in [0.2, 0.25) is 5.95 Å². The van der Waals surface area contributed by atoms with Gasteiger partial charge in [0.25, 0.3) is 0 Å². The van der Waals surface area contributed by atoms with Crippen molar-refractivity contribution in [3.05, 3.63) is 12.4 Å². The molecule has 4 nitrogen and oxygen atoms in total. The van der Waals surface area contributed by atoms with Crippen LogP contribution in [0.4, 0.5) is 5.95 Å². The molecule has 0 aliphatic rings. The summed E-state index contributed by atoms with van der Waals surface area (Å²) in [6.45, 7) is 5.77. The molecule has 1 aromatic rings. The summed E-state index contributed by atoms with van der Waals surface area (Å²) in [5, 5.41) is 0. The number of anilines is 1. The fraction of sp³-hybridized carbons (Fsp3) is 0.667. The lowest BCUT2D eigenvalue weighted by Gasteiger charge is -2.20. The van der Waals surface area contributed by atoms with Crippen molar-refractivity contribution in [2.75, 3.05) is 25.0 Å². The van der Waals surface area contributed by atoms with E-state index in [1.807, 2.05) is 19.4 Å². The average molecular weight is 182 g/mol. The molecule has 0 aliphatic carbocycles. The number of nitrogens with zero attached hydrogens (tertiary/aromatic N) is 3. The number of rotatable bonds is 4. The van der Waals surface area contributed by atoms with E-state index >= 15 is 0 Å². The van der Waals surface area contributed by atoms with E-state index in [0.717, 1.165) is 12.5 Å². The maximum Gasteiger partial charge on any atom is 0.205 e. The molecular weight excluding hydrogens is 164 g/mol. The van der Waals surface area contributed by atoms with Gasteiger partial charge in [0.15, 0.2) is 0 Å². The quantitative estimate of drug-likeness (QED) is 0.751. The lowest BCUT2D eigenvalue weighted by atomic mass is 10.4. The van der Waals surface area contributed by atoms with Crippen LogP contribution in [0.15, 0.2) is 12.4 Å². The first-order valence-corrected chi connectivity index (χ1v) is 4.61. The molecule has 0 atom stereocenters. The van der Waals surface area contributed by atoms with Crippen LogP contribution in [0.2, 0.25) is 0 Å². The second-order valence-corrected chi connectivity index (χ2v) is 3.44. The van der Waals surface area contributed by atoms with Gasteiger partial charge in [-0.2, -0.15) is 0 Å². The number of hydrogen-bond donors (Lipinski definition) is 1. The molecule has 0 saturated carbocycles. The molecular formula is C9H18N4. The van der Waals surface area contributed by atoms with Crippen LogP contribution in [0.5, 0.6) is 0 Å². The minimum atomic E-state index is 0.442. The normalized spacial score (nSPS) is 10.8. The molecule has 4 heteroatoms. The third-order valence-corrected chi connectivity index (χ3v) is 2.01. The Balaban J connectivity index is 2.80. The van der Waals surface area contributed by atoms with Crippen molar-refractivity contribution in [1.82, 2.24) is 9.55 Å². The van der Waals surface area contributed by atoms with Gasteiger partial charge in [-0.3, -0.25) is 0 Å². The summed E-state index contributed by atoms with van der Waals surface area (Å²) >= 11 is 0. The van der Waals surface area contributed by atoms with Crippen molar-refractivity contribution >= 4 is 5.95 Å². The lowest BCUT2D eigenvalue weighted by molar-refractivity contribution is 0.592. The summed E-state index contributed by atoms with van der Waals surface area (Å²) in [5.41, 5.74) is 5.48. The highest BCUT2D eigenvalue weighted by molar-refractivity contribution is 5.30. The fourth-order valence-corrected chi connectivity index (χ4v) is 1.30. The molecule has 0 radical (unpaired) electrons. The summed E-state index contributed by atoms with van der Waals surface area (Å²) in [4.78, 5) is 6.36. The summed E-state index contributed by atoms with van der Waals surface area (Å²) in [5.74, 6) is 0.987. The van der Waals surface area contributed by atoms with E-state index in [1.165, 1.54) is 0 Å². The molecule has 0 bridgehead atoms. The SMILES string of the molecule is CC(C)n1ccnc1N(C)CCN. The van der Waals surface area contributed by atoms with Gasteiger partial charge < -0.3 is 15.2 Å². The van der Waals surface area contributed by atoms with E-state index in [1.54, 1.807) is 0 Å². The highest BCUT2D eigenvalue weighted by Gasteiger charge is 2.08. The lowest BCUT2D eigenvalue weighted by Crippen LogP contribution is -2.28. The van der Waals surface area contributed by atoms with Gasteiger partial charge in [-0.1, -0.05) is 0 Å². The van der Waals surface area contributed by atoms with Gasteiger partial charge in [-0.05, 0) is 13.8 Å². The van der Waals surface area contributed by atoms with Gasteiger partial charge in [0, 0.05) is 38.6 Å². The van der Waals surface area contributed by atoms with Crippen LogP contribution in [-0.2, 0) is 0 Å². The Hall–Kier alpha value is -1.03. The van der Waals surface area contributed by atoms with Crippen molar-refractivity contribution in [2.24, 2.45) is 5.73 Å². The van der Waals surface area contributed by atoms with Crippen molar-refractivity contribution in [3.8, 4) is 0 Å². The molecule has 1 aromatic heterocycles. The Kier molecular flexibility index (Phi) is 3.31. The molecule has 2 N–H and O–H groups in total. The molecule has 74 valence electrons. The Morgan fingerprint density at radius 1 is 1.62 bits per heavy atom. The van der Waals surface area contributed by atoms with Gasteiger partial charge in [0.1, 0.15) is 0 Å². The molecule has 1 rings (SSSR count). The zero-order chi connectivity index (χ0) is 9.84. The molecule has 0 aliphatic heterocycles. The predicted octanol–water partition coefficient (Wildman–Crippen LogP) is 0.859. The minimum Gasteiger partial charge on any atom is -0.344 e. The van der Waals surface area contributed by atoms with Gasteiger partial charge in [-0.15, -0.1) is 0 Å². The maximum absolute atomic E-state index is 5.48. The molecule has 1 heterocycles.